The Morgan fingerprint density at radius 2 is 1.59 bits per heavy atom. The monoisotopic (exact) mass is 568 g/mol. The van der Waals surface area contributed by atoms with E-state index in [1.807, 2.05) is 0 Å². The average molecular weight is 569 g/mol. The minimum Gasteiger partial charge on any atom is -0.481 e. The Kier molecular flexibility index (Phi) is 7.27. The normalized spacial score (nSPS) is 46.7. The molecule has 5 rings (SSSR count). The Hall–Kier alpha value is -1.65. The number of rotatable bonds is 6. The van der Waals surface area contributed by atoms with E-state index in [9.17, 15) is 19.5 Å². The quantitative estimate of drug-likeness (QED) is 0.198. The molecule has 0 radical (unpaired) electrons. The summed E-state index contributed by atoms with van der Waals surface area (Å²) in [5.41, 5.74) is 0.388. The first kappa shape index (κ1) is 30.8. The topological polar surface area (TPSA) is 80.7 Å². The molecule has 4 unspecified atom stereocenters. The van der Waals surface area contributed by atoms with Crippen molar-refractivity contribution in [3.05, 3.63) is 12.2 Å². The molecule has 0 amide bonds. The molecule has 0 aromatic carbocycles. The van der Waals surface area contributed by atoms with Crippen molar-refractivity contribution in [2.75, 3.05) is 0 Å². The predicted molar refractivity (Wildman–Crippen MR) is 161 cm³/mol. The van der Waals surface area contributed by atoms with Gasteiger partial charge in [-0.2, -0.15) is 0 Å². The van der Waals surface area contributed by atoms with Gasteiger partial charge in [-0.15, -0.1) is 0 Å². The lowest BCUT2D eigenvalue weighted by molar-refractivity contribution is -0.248. The Balaban J connectivity index is 1.41. The molecule has 0 aromatic rings. The van der Waals surface area contributed by atoms with Gasteiger partial charge in [-0.25, -0.2) is 0 Å². The third-order valence-electron chi connectivity index (χ3n) is 14.7. The van der Waals surface area contributed by atoms with E-state index in [1.54, 1.807) is 13.8 Å². The summed E-state index contributed by atoms with van der Waals surface area (Å²) in [6.45, 7) is 22.1. The van der Waals surface area contributed by atoms with E-state index in [2.05, 4.69) is 48.1 Å². The van der Waals surface area contributed by atoms with Crippen molar-refractivity contribution in [1.29, 1.82) is 0 Å². The summed E-state index contributed by atoms with van der Waals surface area (Å²) in [7, 11) is 0. The second-order valence-electron chi connectivity index (χ2n) is 17.2. The fraction of sp³-hybridized carbons (Fsp3) is 0.861. The molecular weight excluding hydrogens is 512 g/mol. The number of fused-ring (bicyclic) bond motifs is 7. The van der Waals surface area contributed by atoms with Crippen LogP contribution in [0.3, 0.4) is 0 Å². The molecule has 41 heavy (non-hydrogen) atoms. The standard InChI is InChI=1S/C36H56O5/c1-22(2)23-12-17-36(21-37)19-18-34(8)24(29(23)36)10-11-26-33(7)15-14-27(41-28(38)20-31(3,4)30(39)40)32(5,6)25(33)13-16-35(26,34)9/h21,23-27,29H,1,10-20H2,2-9H3,(H,39,40)/t23-,24?,25?,26?,27-,29?,33-,34+,35+,36+/m0/s1. The summed E-state index contributed by atoms with van der Waals surface area (Å²) in [5, 5.41) is 9.52. The van der Waals surface area contributed by atoms with Gasteiger partial charge in [0.15, 0.2) is 0 Å². The van der Waals surface area contributed by atoms with E-state index in [0.717, 1.165) is 44.9 Å². The number of carboxylic acid groups (broad SMARTS) is 1. The molecule has 230 valence electrons. The molecule has 5 heteroatoms. The maximum atomic E-state index is 12.9. The molecule has 5 fully saturated rings. The number of allylic oxidation sites excluding steroid dienone is 1. The molecule has 5 aliphatic rings. The molecule has 1 N–H and O–H groups in total. The van der Waals surface area contributed by atoms with Gasteiger partial charge in [0, 0.05) is 10.8 Å². The molecule has 5 aliphatic carbocycles. The summed E-state index contributed by atoms with van der Waals surface area (Å²) < 4.78 is 6.11. The second-order valence-corrected chi connectivity index (χ2v) is 17.2. The fourth-order valence-electron chi connectivity index (χ4n) is 12.2. The van der Waals surface area contributed by atoms with Gasteiger partial charge in [-0.3, -0.25) is 9.59 Å². The summed E-state index contributed by atoms with van der Waals surface area (Å²) in [4.78, 5) is 37.3. The van der Waals surface area contributed by atoms with Gasteiger partial charge in [0.25, 0.3) is 0 Å². The molecule has 0 heterocycles. The maximum Gasteiger partial charge on any atom is 0.309 e. The van der Waals surface area contributed by atoms with Gasteiger partial charge in [-0.1, -0.05) is 46.8 Å². The van der Waals surface area contributed by atoms with Crippen molar-refractivity contribution in [2.24, 2.45) is 62.1 Å². The third kappa shape index (κ3) is 4.24. The third-order valence-corrected chi connectivity index (χ3v) is 14.7. The zero-order valence-electron chi connectivity index (χ0n) is 27.1. The van der Waals surface area contributed by atoms with Crippen molar-refractivity contribution < 1.29 is 24.2 Å². The first-order valence-corrected chi connectivity index (χ1v) is 16.4. The lowest BCUT2D eigenvalue weighted by Gasteiger charge is -2.72. The van der Waals surface area contributed by atoms with Crippen LogP contribution < -0.4 is 0 Å². The number of hydrogen-bond acceptors (Lipinski definition) is 4. The van der Waals surface area contributed by atoms with Crippen molar-refractivity contribution in [2.45, 2.75) is 132 Å². The van der Waals surface area contributed by atoms with Gasteiger partial charge >= 0.3 is 11.9 Å². The van der Waals surface area contributed by atoms with Crippen LogP contribution in [0.4, 0.5) is 0 Å². The lowest BCUT2D eigenvalue weighted by atomic mass is 9.32. The van der Waals surface area contributed by atoms with Gasteiger partial charge in [0.05, 0.1) is 11.8 Å². The van der Waals surface area contributed by atoms with Crippen molar-refractivity contribution in [3.63, 3.8) is 0 Å². The SMILES string of the molecule is C=C(C)[C@@H]1CC[C@]2(C=O)CC[C@]3(C)C(CCC4[C@@]5(C)CC[C@H](OC(=O)CC(C)(C)C(=O)O)C(C)(C)C5CC[C@]43C)C12. The summed E-state index contributed by atoms with van der Waals surface area (Å²) in [6.07, 6.45) is 12.0. The van der Waals surface area contributed by atoms with Crippen LogP contribution in [-0.4, -0.2) is 29.4 Å². The van der Waals surface area contributed by atoms with E-state index in [-0.39, 0.29) is 39.6 Å². The number of esters is 1. The first-order chi connectivity index (χ1) is 18.9. The van der Waals surface area contributed by atoms with Crippen molar-refractivity contribution in [1.82, 2.24) is 0 Å². The molecule has 0 spiro atoms. The number of hydrogen-bond donors (Lipinski definition) is 1. The van der Waals surface area contributed by atoms with Crippen LogP contribution in [0.1, 0.15) is 126 Å². The number of carbonyl (C=O) groups excluding carboxylic acids is 2. The van der Waals surface area contributed by atoms with Crippen LogP contribution in [0.25, 0.3) is 0 Å². The van der Waals surface area contributed by atoms with E-state index < -0.39 is 17.4 Å². The summed E-state index contributed by atoms with van der Waals surface area (Å²) in [6, 6.07) is 0. The minimum atomic E-state index is -1.13. The minimum absolute atomic E-state index is 0.105. The van der Waals surface area contributed by atoms with Crippen LogP contribution in [-0.2, 0) is 19.1 Å². The largest absolute Gasteiger partial charge is 0.481 e. The van der Waals surface area contributed by atoms with Gasteiger partial charge in [0.2, 0.25) is 0 Å². The molecule has 0 bridgehead atoms. The highest BCUT2D eigenvalue weighted by atomic mass is 16.5. The average Bonchev–Trinajstić information content (AvgIpc) is 3.26. The highest BCUT2D eigenvalue weighted by Crippen LogP contribution is 2.77. The first-order valence-electron chi connectivity index (χ1n) is 16.4. The smallest absolute Gasteiger partial charge is 0.309 e. The summed E-state index contributed by atoms with van der Waals surface area (Å²) in [5.74, 6) is 1.14. The van der Waals surface area contributed by atoms with Crippen LogP contribution in [0, 0.1) is 62.1 Å². The molecule has 10 atom stereocenters. The Labute approximate surface area is 248 Å². The van der Waals surface area contributed by atoms with Crippen LogP contribution in [0.15, 0.2) is 12.2 Å². The van der Waals surface area contributed by atoms with E-state index in [1.165, 1.54) is 31.1 Å². The van der Waals surface area contributed by atoms with Gasteiger partial charge in [-0.05, 0) is 131 Å². The summed E-state index contributed by atoms with van der Waals surface area (Å²) >= 11 is 0. The molecule has 5 nitrogen and oxygen atoms in total. The van der Waals surface area contributed by atoms with E-state index >= 15 is 0 Å². The Morgan fingerprint density at radius 3 is 2.20 bits per heavy atom. The fourth-order valence-corrected chi connectivity index (χ4v) is 12.2. The Morgan fingerprint density at radius 1 is 0.902 bits per heavy atom. The van der Waals surface area contributed by atoms with Gasteiger partial charge < -0.3 is 14.6 Å². The molecule has 0 aromatic heterocycles. The van der Waals surface area contributed by atoms with Gasteiger partial charge in [0.1, 0.15) is 12.4 Å². The molecule has 0 aliphatic heterocycles. The lowest BCUT2D eigenvalue weighted by Crippen LogP contribution is -2.67. The zero-order valence-corrected chi connectivity index (χ0v) is 27.1. The van der Waals surface area contributed by atoms with E-state index in [4.69, 9.17) is 4.74 Å². The van der Waals surface area contributed by atoms with Crippen LogP contribution in [0.2, 0.25) is 0 Å². The molecule has 5 saturated carbocycles. The molecule has 0 saturated heterocycles. The van der Waals surface area contributed by atoms with Crippen LogP contribution >= 0.6 is 0 Å². The molecular formula is C36H56O5. The Bertz CT molecular complexity index is 1120. The zero-order chi connectivity index (χ0) is 30.4. The van der Waals surface area contributed by atoms with Crippen molar-refractivity contribution in [3.8, 4) is 0 Å². The highest BCUT2D eigenvalue weighted by molar-refractivity contribution is 5.81. The maximum absolute atomic E-state index is 12.9. The predicted octanol–water partition coefficient (Wildman–Crippen LogP) is 8.26. The van der Waals surface area contributed by atoms with Crippen molar-refractivity contribution >= 4 is 18.2 Å². The highest BCUT2D eigenvalue weighted by Gasteiger charge is 2.71. The number of carboxylic acids is 1. The number of ether oxygens (including phenoxy) is 1. The number of carbonyl (C=O) groups is 3. The van der Waals surface area contributed by atoms with Crippen LogP contribution in [0.5, 0.6) is 0 Å². The second kappa shape index (κ2) is 9.68. The van der Waals surface area contributed by atoms with E-state index in [0.29, 0.717) is 29.6 Å². The number of aliphatic carboxylic acids is 1. The number of aldehydes is 1.